The third-order valence-corrected chi connectivity index (χ3v) is 4.46. The Kier molecular flexibility index (Phi) is 2.36. The van der Waals surface area contributed by atoms with Crippen LogP contribution in [-0.4, -0.2) is 35.8 Å². The lowest BCUT2D eigenvalue weighted by atomic mass is 10.1. The normalized spacial score (nSPS) is 28.1. The number of fused-ring (bicyclic) bond motifs is 1. The summed E-state index contributed by atoms with van der Waals surface area (Å²) in [7, 11) is -3.69. The van der Waals surface area contributed by atoms with E-state index in [1.54, 1.807) is 32.0 Å². The first-order chi connectivity index (χ1) is 8.81. The SMILES string of the molecule is CC1=NN(C2=NS(=O)(=O)c3ccccc32)[C@](C)(O)C1. The van der Waals surface area contributed by atoms with E-state index in [4.69, 9.17) is 0 Å². The molecule has 1 N–H and O–H groups in total. The van der Waals surface area contributed by atoms with E-state index in [0.29, 0.717) is 12.0 Å². The minimum absolute atomic E-state index is 0.153. The summed E-state index contributed by atoms with van der Waals surface area (Å²) in [5, 5.41) is 15.8. The van der Waals surface area contributed by atoms with E-state index in [2.05, 4.69) is 9.50 Å². The highest BCUT2D eigenvalue weighted by Gasteiger charge is 2.42. The van der Waals surface area contributed by atoms with Gasteiger partial charge in [0, 0.05) is 17.7 Å². The fourth-order valence-electron chi connectivity index (χ4n) is 2.39. The molecular weight excluding hydrogens is 266 g/mol. The maximum Gasteiger partial charge on any atom is 0.285 e. The summed E-state index contributed by atoms with van der Waals surface area (Å²) >= 11 is 0. The van der Waals surface area contributed by atoms with Gasteiger partial charge in [0.05, 0.1) is 0 Å². The lowest BCUT2D eigenvalue weighted by Gasteiger charge is -2.28. The van der Waals surface area contributed by atoms with Crippen molar-refractivity contribution in [1.29, 1.82) is 0 Å². The van der Waals surface area contributed by atoms with Gasteiger partial charge in [-0.25, -0.2) is 5.01 Å². The average molecular weight is 279 g/mol. The Labute approximate surface area is 111 Å². The second-order valence-corrected chi connectivity index (χ2v) is 6.50. The zero-order valence-electron chi connectivity index (χ0n) is 10.5. The van der Waals surface area contributed by atoms with Crippen LogP contribution in [0.15, 0.2) is 38.7 Å². The fraction of sp³-hybridized carbons (Fsp3) is 0.333. The van der Waals surface area contributed by atoms with Crippen molar-refractivity contribution in [2.24, 2.45) is 9.50 Å². The van der Waals surface area contributed by atoms with Gasteiger partial charge in [-0.1, -0.05) is 12.1 Å². The third kappa shape index (κ3) is 1.77. The van der Waals surface area contributed by atoms with Crippen LogP contribution in [-0.2, 0) is 10.0 Å². The quantitative estimate of drug-likeness (QED) is 0.765. The zero-order valence-corrected chi connectivity index (χ0v) is 11.3. The van der Waals surface area contributed by atoms with E-state index in [9.17, 15) is 13.5 Å². The Morgan fingerprint density at radius 3 is 2.68 bits per heavy atom. The first-order valence-corrected chi connectivity index (χ1v) is 7.26. The zero-order chi connectivity index (χ0) is 13.8. The minimum atomic E-state index is -3.69. The van der Waals surface area contributed by atoms with Crippen molar-refractivity contribution in [3.8, 4) is 0 Å². The number of hydrogen-bond donors (Lipinski definition) is 1. The first kappa shape index (κ1) is 12.3. The lowest BCUT2D eigenvalue weighted by Crippen LogP contribution is -2.43. The molecule has 2 heterocycles. The molecule has 2 aliphatic rings. The van der Waals surface area contributed by atoms with E-state index in [-0.39, 0.29) is 10.7 Å². The summed E-state index contributed by atoms with van der Waals surface area (Å²) in [6.07, 6.45) is 0.355. The topological polar surface area (TPSA) is 82.3 Å². The van der Waals surface area contributed by atoms with Crippen LogP contribution < -0.4 is 0 Å². The second kappa shape index (κ2) is 3.64. The summed E-state index contributed by atoms with van der Waals surface area (Å²) in [5.41, 5.74) is -0.0497. The molecule has 0 aliphatic carbocycles. The maximum atomic E-state index is 12.0. The van der Waals surface area contributed by atoms with E-state index in [1.165, 1.54) is 11.1 Å². The molecule has 0 radical (unpaired) electrons. The van der Waals surface area contributed by atoms with Crippen molar-refractivity contribution in [2.45, 2.75) is 30.9 Å². The number of sulfonamides is 1. The number of benzene rings is 1. The molecule has 0 amide bonds. The van der Waals surface area contributed by atoms with E-state index < -0.39 is 15.7 Å². The monoisotopic (exact) mass is 279 g/mol. The van der Waals surface area contributed by atoms with Crippen molar-refractivity contribution in [3.63, 3.8) is 0 Å². The lowest BCUT2D eigenvalue weighted by molar-refractivity contribution is -0.0324. The van der Waals surface area contributed by atoms with Gasteiger partial charge in [0.2, 0.25) is 0 Å². The van der Waals surface area contributed by atoms with Gasteiger partial charge >= 0.3 is 0 Å². The molecule has 1 atom stereocenters. The van der Waals surface area contributed by atoms with Crippen molar-refractivity contribution < 1.29 is 13.5 Å². The van der Waals surface area contributed by atoms with Crippen LogP contribution in [0.25, 0.3) is 0 Å². The number of nitrogens with zero attached hydrogens (tertiary/aromatic N) is 3. The summed E-state index contributed by atoms with van der Waals surface area (Å²) in [4.78, 5) is 0.153. The summed E-state index contributed by atoms with van der Waals surface area (Å²) in [6, 6.07) is 6.54. The Morgan fingerprint density at radius 2 is 2.05 bits per heavy atom. The number of hydrogen-bond acceptors (Lipinski definition) is 5. The van der Waals surface area contributed by atoms with Crippen molar-refractivity contribution in [1.82, 2.24) is 5.01 Å². The van der Waals surface area contributed by atoms with Gasteiger partial charge in [-0.2, -0.15) is 13.5 Å². The van der Waals surface area contributed by atoms with Crippen molar-refractivity contribution in [3.05, 3.63) is 29.8 Å². The molecule has 19 heavy (non-hydrogen) atoms. The predicted molar refractivity (Wildman–Crippen MR) is 70.4 cm³/mol. The van der Waals surface area contributed by atoms with Crippen molar-refractivity contribution in [2.75, 3.05) is 0 Å². The van der Waals surface area contributed by atoms with Gasteiger partial charge in [0.1, 0.15) is 4.90 Å². The number of aliphatic hydroxyl groups is 1. The standard InChI is InChI=1S/C12H13N3O3S/c1-8-7-12(2,16)15(13-8)11-9-5-3-4-6-10(9)19(17,18)14-11/h3-6,16H,7H2,1-2H3/t12-/m1/s1. The molecule has 0 bridgehead atoms. The molecule has 3 rings (SSSR count). The third-order valence-electron chi connectivity index (χ3n) is 3.13. The van der Waals surface area contributed by atoms with Crippen LogP contribution in [0, 0.1) is 0 Å². The fourth-order valence-corrected chi connectivity index (χ4v) is 3.58. The molecule has 6 nitrogen and oxygen atoms in total. The highest BCUT2D eigenvalue weighted by molar-refractivity contribution is 7.90. The van der Waals surface area contributed by atoms with Gasteiger partial charge in [-0.15, -0.1) is 4.40 Å². The highest BCUT2D eigenvalue weighted by atomic mass is 32.2. The molecule has 100 valence electrons. The van der Waals surface area contributed by atoms with Crippen molar-refractivity contribution >= 4 is 21.6 Å². The summed E-state index contributed by atoms with van der Waals surface area (Å²) < 4.78 is 27.7. The second-order valence-electron chi connectivity index (χ2n) is 4.93. The van der Waals surface area contributed by atoms with E-state index >= 15 is 0 Å². The van der Waals surface area contributed by atoms with Crippen LogP contribution in [0.3, 0.4) is 0 Å². The van der Waals surface area contributed by atoms with E-state index in [0.717, 1.165) is 5.71 Å². The van der Waals surface area contributed by atoms with Gasteiger partial charge in [-0.3, -0.25) is 0 Å². The molecule has 0 saturated heterocycles. The highest BCUT2D eigenvalue weighted by Crippen LogP contribution is 2.33. The molecule has 0 saturated carbocycles. The van der Waals surface area contributed by atoms with Crippen LogP contribution in [0.1, 0.15) is 25.8 Å². The molecule has 1 aromatic carbocycles. The van der Waals surface area contributed by atoms with Gasteiger partial charge in [0.25, 0.3) is 10.0 Å². The molecule has 1 aromatic rings. The Hall–Kier alpha value is -1.73. The van der Waals surface area contributed by atoms with Gasteiger partial charge < -0.3 is 5.11 Å². The maximum absolute atomic E-state index is 12.0. The molecule has 0 spiro atoms. The molecule has 7 heteroatoms. The minimum Gasteiger partial charge on any atom is -0.369 e. The van der Waals surface area contributed by atoms with E-state index in [1.807, 2.05) is 0 Å². The van der Waals surface area contributed by atoms with Crippen LogP contribution in [0.2, 0.25) is 0 Å². The Bertz CT molecular complexity index is 719. The molecule has 0 unspecified atom stereocenters. The number of hydrazone groups is 1. The Balaban J connectivity index is 2.19. The molecule has 0 aromatic heterocycles. The smallest absolute Gasteiger partial charge is 0.285 e. The van der Waals surface area contributed by atoms with Crippen LogP contribution in [0.4, 0.5) is 0 Å². The average Bonchev–Trinajstić information content (AvgIpc) is 2.73. The number of rotatable bonds is 0. The largest absolute Gasteiger partial charge is 0.369 e. The van der Waals surface area contributed by atoms with Crippen LogP contribution in [0.5, 0.6) is 0 Å². The first-order valence-electron chi connectivity index (χ1n) is 5.82. The molecule has 2 aliphatic heterocycles. The molecular formula is C12H13N3O3S. The predicted octanol–water partition coefficient (Wildman–Crippen LogP) is 0.926. The Morgan fingerprint density at radius 1 is 1.37 bits per heavy atom. The molecule has 0 fully saturated rings. The summed E-state index contributed by atoms with van der Waals surface area (Å²) in [6.45, 7) is 3.37. The number of amidine groups is 1. The van der Waals surface area contributed by atoms with Gasteiger partial charge in [0.15, 0.2) is 11.6 Å². The van der Waals surface area contributed by atoms with Crippen LogP contribution >= 0.6 is 0 Å². The van der Waals surface area contributed by atoms with Gasteiger partial charge in [-0.05, 0) is 26.0 Å². The summed E-state index contributed by atoms with van der Waals surface area (Å²) in [5.74, 6) is 0.178.